The molecule has 142 valence electrons. The summed E-state index contributed by atoms with van der Waals surface area (Å²) in [6, 6.07) is 11.7. The minimum absolute atomic E-state index is 0.0249. The van der Waals surface area contributed by atoms with Gasteiger partial charge in [-0.15, -0.1) is 13.2 Å². The van der Waals surface area contributed by atoms with Gasteiger partial charge >= 0.3 is 12.3 Å². The maximum atomic E-state index is 12.4. The highest BCUT2D eigenvalue weighted by Gasteiger charge is 2.31. The van der Waals surface area contributed by atoms with Gasteiger partial charge in [-0.2, -0.15) is 0 Å². The Morgan fingerprint density at radius 3 is 2.61 bits per heavy atom. The van der Waals surface area contributed by atoms with E-state index in [9.17, 15) is 23.1 Å². The SMILES string of the molecule is O=C(O)c1cc(-c2cc3cc(Br)ccc3o2)nc2ccc(OC(F)(F)F)cc12. The molecule has 2 aromatic heterocycles. The zero-order valence-electron chi connectivity index (χ0n) is 13.7. The van der Waals surface area contributed by atoms with Crippen LogP contribution in [-0.4, -0.2) is 22.4 Å². The molecule has 0 fully saturated rings. The molecule has 0 amide bonds. The number of furan rings is 1. The molecule has 0 saturated carbocycles. The number of rotatable bonds is 3. The van der Waals surface area contributed by atoms with E-state index < -0.39 is 18.1 Å². The summed E-state index contributed by atoms with van der Waals surface area (Å²) in [5.74, 6) is -1.49. The van der Waals surface area contributed by atoms with Crippen LogP contribution in [0.3, 0.4) is 0 Å². The maximum absolute atomic E-state index is 12.4. The Bertz CT molecular complexity index is 1230. The fourth-order valence-corrected chi connectivity index (χ4v) is 3.22. The summed E-state index contributed by atoms with van der Waals surface area (Å²) in [5, 5.41) is 10.3. The van der Waals surface area contributed by atoms with Crippen LogP contribution in [-0.2, 0) is 0 Å². The summed E-state index contributed by atoms with van der Waals surface area (Å²) in [6.07, 6.45) is -4.88. The van der Waals surface area contributed by atoms with E-state index in [0.29, 0.717) is 11.3 Å². The van der Waals surface area contributed by atoms with Gasteiger partial charge in [-0.25, -0.2) is 9.78 Å². The zero-order valence-corrected chi connectivity index (χ0v) is 15.3. The number of pyridine rings is 1. The number of halogens is 4. The minimum atomic E-state index is -4.88. The van der Waals surface area contributed by atoms with E-state index in [2.05, 4.69) is 25.7 Å². The van der Waals surface area contributed by atoms with Crippen LogP contribution in [0.25, 0.3) is 33.3 Å². The number of carboxylic acids is 1. The molecular formula is C19H9BrF3NO4. The van der Waals surface area contributed by atoms with Gasteiger partial charge in [0.05, 0.1) is 11.1 Å². The van der Waals surface area contributed by atoms with Crippen molar-refractivity contribution in [3.05, 3.63) is 58.6 Å². The van der Waals surface area contributed by atoms with Crippen LogP contribution in [0.15, 0.2) is 57.4 Å². The van der Waals surface area contributed by atoms with Crippen LogP contribution in [0.2, 0.25) is 0 Å². The number of carboxylic acid groups (broad SMARTS) is 1. The molecule has 5 nitrogen and oxygen atoms in total. The van der Waals surface area contributed by atoms with E-state index in [-0.39, 0.29) is 22.2 Å². The van der Waals surface area contributed by atoms with Crippen molar-refractivity contribution in [1.29, 1.82) is 0 Å². The van der Waals surface area contributed by atoms with Crippen LogP contribution < -0.4 is 4.74 Å². The predicted octanol–water partition coefficient (Wildman–Crippen LogP) is 6.01. The van der Waals surface area contributed by atoms with Gasteiger partial charge in [0, 0.05) is 15.2 Å². The van der Waals surface area contributed by atoms with Gasteiger partial charge in [-0.1, -0.05) is 15.9 Å². The molecule has 9 heteroatoms. The van der Waals surface area contributed by atoms with Crippen molar-refractivity contribution in [3.63, 3.8) is 0 Å². The smallest absolute Gasteiger partial charge is 0.478 e. The Labute approximate surface area is 163 Å². The van der Waals surface area contributed by atoms with E-state index >= 15 is 0 Å². The normalized spacial score (nSPS) is 11.9. The summed E-state index contributed by atoms with van der Waals surface area (Å²) in [7, 11) is 0. The number of carbonyl (C=O) groups is 1. The van der Waals surface area contributed by atoms with Gasteiger partial charge in [-0.3, -0.25) is 0 Å². The fraction of sp³-hybridized carbons (Fsp3) is 0.0526. The third-order valence-electron chi connectivity index (χ3n) is 3.97. The topological polar surface area (TPSA) is 72.6 Å². The summed E-state index contributed by atoms with van der Waals surface area (Å²) in [4.78, 5) is 16.0. The average molecular weight is 452 g/mol. The summed E-state index contributed by atoms with van der Waals surface area (Å²) in [5.41, 5.74) is 0.827. The second kappa shape index (κ2) is 6.52. The number of ether oxygens (including phenoxy) is 1. The maximum Gasteiger partial charge on any atom is 0.573 e. The molecule has 0 aliphatic rings. The molecule has 28 heavy (non-hydrogen) atoms. The summed E-state index contributed by atoms with van der Waals surface area (Å²) >= 11 is 3.36. The van der Waals surface area contributed by atoms with Crippen LogP contribution in [0.5, 0.6) is 5.75 Å². The van der Waals surface area contributed by atoms with E-state index in [1.165, 1.54) is 12.1 Å². The van der Waals surface area contributed by atoms with Crippen molar-refractivity contribution in [2.75, 3.05) is 0 Å². The van der Waals surface area contributed by atoms with Crippen molar-refractivity contribution >= 4 is 43.8 Å². The van der Waals surface area contributed by atoms with Crippen LogP contribution in [0.4, 0.5) is 13.2 Å². The Hall–Kier alpha value is -3.07. The van der Waals surface area contributed by atoms with Gasteiger partial charge in [-0.05, 0) is 48.5 Å². The molecule has 0 radical (unpaired) electrons. The van der Waals surface area contributed by atoms with Gasteiger partial charge in [0.15, 0.2) is 5.76 Å². The molecule has 0 atom stereocenters. The molecule has 4 rings (SSSR count). The molecule has 4 aromatic rings. The summed E-state index contributed by atoms with van der Waals surface area (Å²) in [6.45, 7) is 0. The number of aromatic nitrogens is 1. The van der Waals surface area contributed by atoms with Crippen molar-refractivity contribution in [3.8, 4) is 17.2 Å². The zero-order chi connectivity index (χ0) is 20.1. The van der Waals surface area contributed by atoms with Gasteiger partial charge in [0.2, 0.25) is 0 Å². The quantitative estimate of drug-likeness (QED) is 0.413. The molecule has 2 aromatic carbocycles. The fourth-order valence-electron chi connectivity index (χ4n) is 2.85. The lowest BCUT2D eigenvalue weighted by molar-refractivity contribution is -0.274. The highest BCUT2D eigenvalue weighted by molar-refractivity contribution is 9.10. The van der Waals surface area contributed by atoms with Crippen LogP contribution in [0, 0.1) is 0 Å². The first kappa shape index (κ1) is 18.3. The Morgan fingerprint density at radius 2 is 1.89 bits per heavy atom. The van der Waals surface area contributed by atoms with Crippen molar-refractivity contribution in [2.45, 2.75) is 6.36 Å². The first-order chi connectivity index (χ1) is 13.2. The Balaban J connectivity index is 1.87. The molecule has 0 spiro atoms. The minimum Gasteiger partial charge on any atom is -0.478 e. The van der Waals surface area contributed by atoms with E-state index in [1.807, 2.05) is 6.07 Å². The number of aromatic carboxylic acids is 1. The molecule has 0 saturated heterocycles. The van der Waals surface area contributed by atoms with Crippen molar-refractivity contribution in [2.24, 2.45) is 0 Å². The van der Waals surface area contributed by atoms with Gasteiger partial charge in [0.1, 0.15) is 17.0 Å². The standard InChI is InChI=1S/C19H9BrF3NO4/c20-10-1-4-16-9(5-10)6-17(27-16)15-8-13(18(25)26)12-7-11(28-19(21,22)23)2-3-14(12)24-15/h1-8H,(H,25,26). The highest BCUT2D eigenvalue weighted by Crippen LogP contribution is 2.33. The van der Waals surface area contributed by atoms with Gasteiger partial charge in [0.25, 0.3) is 0 Å². The number of hydrogen-bond acceptors (Lipinski definition) is 4. The first-order valence-electron chi connectivity index (χ1n) is 7.83. The molecular weight excluding hydrogens is 443 g/mol. The Kier molecular flexibility index (Phi) is 4.26. The van der Waals surface area contributed by atoms with E-state index in [0.717, 1.165) is 22.0 Å². The van der Waals surface area contributed by atoms with E-state index in [4.69, 9.17) is 4.42 Å². The van der Waals surface area contributed by atoms with Gasteiger partial charge < -0.3 is 14.3 Å². The van der Waals surface area contributed by atoms with E-state index in [1.54, 1.807) is 18.2 Å². The lowest BCUT2D eigenvalue weighted by atomic mass is 10.1. The number of alkyl halides is 3. The lowest BCUT2D eigenvalue weighted by Crippen LogP contribution is -2.17. The summed E-state index contributed by atoms with van der Waals surface area (Å²) < 4.78 is 47.8. The predicted molar refractivity (Wildman–Crippen MR) is 98.3 cm³/mol. The van der Waals surface area contributed by atoms with Crippen molar-refractivity contribution in [1.82, 2.24) is 4.98 Å². The lowest BCUT2D eigenvalue weighted by Gasteiger charge is -2.11. The molecule has 0 bridgehead atoms. The third kappa shape index (κ3) is 3.53. The molecule has 0 aliphatic heterocycles. The number of fused-ring (bicyclic) bond motifs is 2. The number of hydrogen-bond donors (Lipinski definition) is 1. The van der Waals surface area contributed by atoms with Crippen molar-refractivity contribution < 1.29 is 32.2 Å². The molecule has 2 heterocycles. The number of benzene rings is 2. The molecule has 0 aliphatic carbocycles. The largest absolute Gasteiger partial charge is 0.573 e. The van der Waals surface area contributed by atoms with Crippen LogP contribution in [0.1, 0.15) is 10.4 Å². The second-order valence-corrected chi connectivity index (χ2v) is 6.80. The third-order valence-corrected chi connectivity index (χ3v) is 4.47. The highest BCUT2D eigenvalue weighted by atomic mass is 79.9. The second-order valence-electron chi connectivity index (χ2n) is 5.88. The number of nitrogens with zero attached hydrogens (tertiary/aromatic N) is 1. The Morgan fingerprint density at radius 1 is 1.11 bits per heavy atom. The first-order valence-corrected chi connectivity index (χ1v) is 8.62. The average Bonchev–Trinajstić information content (AvgIpc) is 3.02. The van der Waals surface area contributed by atoms with Crippen LogP contribution >= 0.6 is 15.9 Å². The molecule has 0 unspecified atom stereocenters. The monoisotopic (exact) mass is 451 g/mol. The molecule has 1 N–H and O–H groups in total.